The van der Waals surface area contributed by atoms with Crippen molar-refractivity contribution in [1.29, 1.82) is 0 Å². The molecule has 0 spiro atoms. The third kappa shape index (κ3) is 4.06. The Labute approximate surface area is 218 Å². The summed E-state index contributed by atoms with van der Waals surface area (Å²) in [6.45, 7) is 1.86. The fourth-order valence-corrected chi connectivity index (χ4v) is 6.32. The molecule has 0 bridgehead atoms. The Morgan fingerprint density at radius 1 is 1.08 bits per heavy atom. The number of carbonyl (C=O) groups excluding carboxylic acids is 2. The van der Waals surface area contributed by atoms with Gasteiger partial charge in [-0.2, -0.15) is 0 Å². The molecular formula is C29H26N4O3S. The lowest BCUT2D eigenvalue weighted by atomic mass is 10.1. The van der Waals surface area contributed by atoms with Crippen molar-refractivity contribution < 1.29 is 14.3 Å². The number of nitrogens with one attached hydrogen (secondary N) is 1. The lowest BCUT2D eigenvalue weighted by molar-refractivity contribution is 0.0953. The number of hydrogen-bond donors (Lipinski definition) is 1. The Kier molecular flexibility index (Phi) is 5.44. The van der Waals surface area contributed by atoms with Crippen molar-refractivity contribution in [3.8, 4) is 10.4 Å². The zero-order valence-corrected chi connectivity index (χ0v) is 21.1. The standard InChI is InChI=1S/C29H26N4O3S/c34-28(31-20-6-7-20)26-16-18-9-12-32(24-4-2-1-3-22(24)27(18)37-26)29(35)19-5-8-25-23(15-19)30-17-33(25)21-10-13-36-14-11-21/h1-5,8,10,15-17,20H,6-7,9,11-14H2,(H,31,34). The molecule has 4 aromatic rings. The highest BCUT2D eigenvalue weighted by molar-refractivity contribution is 7.17. The van der Waals surface area contributed by atoms with Crippen molar-refractivity contribution in [1.82, 2.24) is 14.9 Å². The second-order valence-corrected chi connectivity index (χ2v) is 10.8. The topological polar surface area (TPSA) is 76.5 Å². The molecule has 1 saturated carbocycles. The van der Waals surface area contributed by atoms with E-state index in [0.29, 0.717) is 37.8 Å². The molecule has 0 saturated heterocycles. The van der Waals surface area contributed by atoms with E-state index in [1.54, 1.807) is 0 Å². The number of carbonyl (C=O) groups is 2. The fraction of sp³-hybridized carbons (Fsp3) is 0.276. The predicted octanol–water partition coefficient (Wildman–Crippen LogP) is 5.12. The largest absolute Gasteiger partial charge is 0.377 e. The summed E-state index contributed by atoms with van der Waals surface area (Å²) in [4.78, 5) is 34.8. The van der Waals surface area contributed by atoms with Gasteiger partial charge >= 0.3 is 0 Å². The lowest BCUT2D eigenvalue weighted by Gasteiger charge is -2.23. The van der Waals surface area contributed by atoms with Crippen LogP contribution in [-0.2, 0) is 11.2 Å². The molecule has 2 amide bonds. The molecule has 0 radical (unpaired) electrons. The van der Waals surface area contributed by atoms with Crippen LogP contribution >= 0.6 is 11.3 Å². The van der Waals surface area contributed by atoms with Gasteiger partial charge in [0.05, 0.1) is 34.8 Å². The minimum absolute atomic E-state index is 0.00948. The first-order valence-corrected chi connectivity index (χ1v) is 13.6. The van der Waals surface area contributed by atoms with Crippen molar-refractivity contribution >= 4 is 45.6 Å². The Morgan fingerprint density at radius 2 is 1.97 bits per heavy atom. The smallest absolute Gasteiger partial charge is 0.261 e. The number of para-hydroxylation sites is 1. The van der Waals surface area contributed by atoms with E-state index in [-0.39, 0.29) is 11.8 Å². The number of nitrogens with zero attached hydrogens (tertiary/aromatic N) is 3. The van der Waals surface area contributed by atoms with Crippen LogP contribution in [0.3, 0.4) is 0 Å². The highest BCUT2D eigenvalue weighted by atomic mass is 32.1. The SMILES string of the molecule is O=C(NC1CC1)c1cc2c(s1)-c1ccccc1N(C(=O)c1ccc3c(c1)ncn3C1=CCOCC1)CC2. The molecule has 0 unspecified atom stereocenters. The molecule has 2 aliphatic heterocycles. The van der Waals surface area contributed by atoms with E-state index in [1.807, 2.05) is 59.8 Å². The monoisotopic (exact) mass is 510 g/mol. The zero-order chi connectivity index (χ0) is 24.9. The van der Waals surface area contributed by atoms with Gasteiger partial charge in [-0.1, -0.05) is 18.2 Å². The molecule has 7 nitrogen and oxygen atoms in total. The predicted molar refractivity (Wildman–Crippen MR) is 145 cm³/mol. The number of benzene rings is 2. The number of imidazole rings is 1. The van der Waals surface area contributed by atoms with Crippen LogP contribution in [-0.4, -0.2) is 47.2 Å². The third-order valence-corrected chi connectivity index (χ3v) is 8.49. The van der Waals surface area contributed by atoms with Crippen molar-refractivity contribution in [2.24, 2.45) is 0 Å². The van der Waals surface area contributed by atoms with Gasteiger partial charge in [0.2, 0.25) is 0 Å². The molecule has 2 aromatic heterocycles. The van der Waals surface area contributed by atoms with Gasteiger partial charge in [-0.05, 0) is 61.2 Å². The fourth-order valence-electron chi connectivity index (χ4n) is 5.17. The Hall–Kier alpha value is -3.75. The molecular weight excluding hydrogens is 484 g/mol. The number of aromatic nitrogens is 2. The summed E-state index contributed by atoms with van der Waals surface area (Å²) >= 11 is 1.52. The molecule has 1 N–H and O–H groups in total. The summed E-state index contributed by atoms with van der Waals surface area (Å²) in [7, 11) is 0. The second kappa shape index (κ2) is 8.97. The molecule has 2 aromatic carbocycles. The third-order valence-electron chi connectivity index (χ3n) is 7.28. The van der Waals surface area contributed by atoms with Crippen molar-refractivity contribution in [2.75, 3.05) is 24.7 Å². The van der Waals surface area contributed by atoms with Crippen LogP contribution in [0.5, 0.6) is 0 Å². The molecule has 0 atom stereocenters. The molecule has 4 heterocycles. The van der Waals surface area contributed by atoms with E-state index in [1.165, 1.54) is 17.0 Å². The van der Waals surface area contributed by atoms with E-state index in [2.05, 4.69) is 20.9 Å². The van der Waals surface area contributed by atoms with Gasteiger partial charge in [0.1, 0.15) is 6.33 Å². The first kappa shape index (κ1) is 22.4. The van der Waals surface area contributed by atoms with Crippen LogP contribution in [0.25, 0.3) is 27.2 Å². The summed E-state index contributed by atoms with van der Waals surface area (Å²) in [6.07, 6.45) is 7.57. The summed E-state index contributed by atoms with van der Waals surface area (Å²) < 4.78 is 7.53. The maximum atomic E-state index is 13.8. The van der Waals surface area contributed by atoms with Gasteiger partial charge < -0.3 is 19.5 Å². The minimum atomic E-state index is -0.0453. The van der Waals surface area contributed by atoms with Crippen LogP contribution in [0, 0.1) is 0 Å². The van der Waals surface area contributed by atoms with Crippen LogP contribution in [0.15, 0.2) is 60.9 Å². The molecule has 186 valence electrons. The Morgan fingerprint density at radius 3 is 2.81 bits per heavy atom. The maximum absolute atomic E-state index is 13.8. The summed E-state index contributed by atoms with van der Waals surface area (Å²) in [5.74, 6) is -0.0359. The maximum Gasteiger partial charge on any atom is 0.261 e. The molecule has 1 aliphatic carbocycles. The average molecular weight is 511 g/mol. The molecule has 7 rings (SSSR count). The van der Waals surface area contributed by atoms with Crippen molar-refractivity contribution in [2.45, 2.75) is 31.7 Å². The van der Waals surface area contributed by atoms with E-state index >= 15 is 0 Å². The first-order valence-electron chi connectivity index (χ1n) is 12.7. The molecule has 8 heteroatoms. The van der Waals surface area contributed by atoms with Gasteiger partial charge in [0, 0.05) is 40.7 Å². The second-order valence-electron chi connectivity index (χ2n) is 9.78. The summed E-state index contributed by atoms with van der Waals surface area (Å²) in [6, 6.07) is 16.1. The van der Waals surface area contributed by atoms with Gasteiger partial charge in [-0.15, -0.1) is 11.3 Å². The summed E-state index contributed by atoms with van der Waals surface area (Å²) in [5.41, 5.74) is 6.56. The van der Waals surface area contributed by atoms with E-state index < -0.39 is 0 Å². The van der Waals surface area contributed by atoms with Gasteiger partial charge in [-0.25, -0.2) is 4.98 Å². The highest BCUT2D eigenvalue weighted by Gasteiger charge is 2.29. The van der Waals surface area contributed by atoms with Gasteiger partial charge in [0.25, 0.3) is 11.8 Å². The minimum Gasteiger partial charge on any atom is -0.377 e. The first-order chi connectivity index (χ1) is 18.2. The number of amides is 2. The quantitative estimate of drug-likeness (QED) is 0.413. The Bertz CT molecular complexity index is 1580. The zero-order valence-electron chi connectivity index (χ0n) is 20.3. The highest BCUT2D eigenvalue weighted by Crippen LogP contribution is 2.42. The normalized spacial score (nSPS) is 17.1. The number of anilines is 1. The van der Waals surface area contributed by atoms with Crippen molar-refractivity contribution in [3.05, 3.63) is 76.9 Å². The van der Waals surface area contributed by atoms with Crippen LogP contribution in [0.2, 0.25) is 0 Å². The van der Waals surface area contributed by atoms with Gasteiger partial charge in [-0.3, -0.25) is 9.59 Å². The molecule has 37 heavy (non-hydrogen) atoms. The number of fused-ring (bicyclic) bond motifs is 4. The number of rotatable bonds is 4. The number of hydrogen-bond acceptors (Lipinski definition) is 5. The van der Waals surface area contributed by atoms with Crippen LogP contribution in [0.4, 0.5) is 5.69 Å². The Balaban J connectivity index is 1.21. The lowest BCUT2D eigenvalue weighted by Crippen LogP contribution is -2.32. The number of ether oxygens (including phenoxy) is 1. The molecule has 1 fully saturated rings. The summed E-state index contributed by atoms with van der Waals surface area (Å²) in [5, 5.41) is 3.09. The molecule has 3 aliphatic rings. The van der Waals surface area contributed by atoms with Crippen molar-refractivity contribution in [3.63, 3.8) is 0 Å². The van der Waals surface area contributed by atoms with E-state index in [0.717, 1.165) is 56.9 Å². The van der Waals surface area contributed by atoms with E-state index in [4.69, 9.17) is 4.74 Å². The average Bonchev–Trinajstić information content (AvgIpc) is 3.52. The van der Waals surface area contributed by atoms with Crippen LogP contribution in [0.1, 0.15) is 44.9 Å². The number of thiophene rings is 1. The van der Waals surface area contributed by atoms with Gasteiger partial charge in [0.15, 0.2) is 0 Å². The van der Waals surface area contributed by atoms with E-state index in [9.17, 15) is 9.59 Å². The van der Waals surface area contributed by atoms with Crippen LogP contribution < -0.4 is 10.2 Å².